The van der Waals surface area contributed by atoms with Crippen LogP contribution in [0.2, 0.25) is 0 Å². The Bertz CT molecular complexity index is 270. The minimum absolute atomic E-state index is 0.154. The smallest absolute Gasteiger partial charge is 0.162 e. The first-order chi connectivity index (χ1) is 7.54. The van der Waals surface area contributed by atoms with Crippen LogP contribution >= 0.6 is 15.9 Å². The third-order valence-corrected chi connectivity index (χ3v) is 3.77. The average molecular weight is 349 g/mol. The molecule has 1 atom stereocenters. The Labute approximate surface area is 120 Å². The summed E-state index contributed by atoms with van der Waals surface area (Å²) in [5.41, 5.74) is 1.73. The fourth-order valence-corrected chi connectivity index (χ4v) is 1.42. The van der Waals surface area contributed by atoms with Crippen molar-refractivity contribution in [2.24, 2.45) is 5.41 Å². The SMILES string of the molecule is CC(=[NH+]C(C)(C)C)C(Br)C(C)(C)C.[O-][Cl+3]([O-])([O-])[O-]. The van der Waals surface area contributed by atoms with E-state index in [4.69, 9.17) is 18.6 Å². The van der Waals surface area contributed by atoms with Gasteiger partial charge in [-0.25, -0.2) is 23.6 Å². The maximum absolute atomic E-state index is 8.49. The van der Waals surface area contributed by atoms with Crippen molar-refractivity contribution in [1.82, 2.24) is 0 Å². The second-order valence-corrected chi connectivity index (χ2v) is 7.84. The van der Waals surface area contributed by atoms with Crippen LogP contribution in [0.5, 0.6) is 0 Å². The van der Waals surface area contributed by atoms with Crippen molar-refractivity contribution < 1.29 is 33.9 Å². The van der Waals surface area contributed by atoms with E-state index in [1.54, 1.807) is 0 Å². The van der Waals surface area contributed by atoms with Crippen molar-refractivity contribution in [3.63, 3.8) is 0 Å². The summed E-state index contributed by atoms with van der Waals surface area (Å²) in [6, 6.07) is 0. The molecular formula is C11H23BrClNO4. The Morgan fingerprint density at radius 1 is 1.00 bits per heavy atom. The Morgan fingerprint density at radius 2 is 1.28 bits per heavy atom. The Kier molecular flexibility index (Phi) is 8.20. The molecule has 0 bridgehead atoms. The molecule has 0 aromatic rings. The highest BCUT2D eigenvalue weighted by Crippen LogP contribution is 2.25. The fourth-order valence-electron chi connectivity index (χ4n) is 1.30. The van der Waals surface area contributed by atoms with Crippen LogP contribution in [0.3, 0.4) is 0 Å². The van der Waals surface area contributed by atoms with Gasteiger partial charge in [0.05, 0.1) is 4.83 Å². The van der Waals surface area contributed by atoms with Gasteiger partial charge < -0.3 is 0 Å². The van der Waals surface area contributed by atoms with E-state index in [0.717, 1.165) is 0 Å². The van der Waals surface area contributed by atoms with Crippen molar-refractivity contribution in [3.8, 4) is 0 Å². The lowest BCUT2D eigenvalue weighted by Crippen LogP contribution is -2.85. The van der Waals surface area contributed by atoms with Crippen molar-refractivity contribution >= 4 is 21.6 Å². The molecule has 0 fully saturated rings. The van der Waals surface area contributed by atoms with Gasteiger partial charge in [0.1, 0.15) is 0 Å². The Balaban J connectivity index is 0. The lowest BCUT2D eigenvalue weighted by molar-refractivity contribution is -2.00. The predicted octanol–water partition coefficient (Wildman–Crippen LogP) is -2.62. The fraction of sp³-hybridized carbons (Fsp3) is 0.909. The zero-order chi connectivity index (χ0) is 15.4. The molecule has 0 amide bonds. The predicted molar refractivity (Wildman–Crippen MR) is 63.6 cm³/mol. The molecule has 7 heteroatoms. The molecule has 0 aromatic heterocycles. The molecule has 0 heterocycles. The van der Waals surface area contributed by atoms with E-state index in [9.17, 15) is 0 Å². The van der Waals surface area contributed by atoms with Gasteiger partial charge in [-0.2, -0.15) is 0 Å². The van der Waals surface area contributed by atoms with Gasteiger partial charge in [-0.05, 0) is 26.2 Å². The molecular weight excluding hydrogens is 325 g/mol. The standard InChI is InChI=1S/C11H22BrN.ClHO4/c1-8(13-11(5,6)7)9(12)10(2,3)4;2-1(3,4)5/h9H,1-7H3;(H,2,3,4,5). The van der Waals surface area contributed by atoms with E-state index in [0.29, 0.717) is 4.83 Å². The molecule has 0 radical (unpaired) electrons. The van der Waals surface area contributed by atoms with Gasteiger partial charge in [0, 0.05) is 6.92 Å². The monoisotopic (exact) mass is 347 g/mol. The summed E-state index contributed by atoms with van der Waals surface area (Å²) in [4.78, 5) is 3.91. The van der Waals surface area contributed by atoms with Crippen LogP contribution in [-0.4, -0.2) is 16.1 Å². The third-order valence-electron chi connectivity index (χ3n) is 1.71. The van der Waals surface area contributed by atoms with E-state index >= 15 is 0 Å². The highest BCUT2D eigenvalue weighted by Gasteiger charge is 2.29. The summed E-state index contributed by atoms with van der Waals surface area (Å²) < 4.78 is 34.0. The van der Waals surface area contributed by atoms with Crippen LogP contribution in [-0.2, 0) is 0 Å². The van der Waals surface area contributed by atoms with Gasteiger partial charge in [0.15, 0.2) is 11.3 Å². The summed E-state index contributed by atoms with van der Waals surface area (Å²) in [5.74, 6) is 0. The summed E-state index contributed by atoms with van der Waals surface area (Å²) in [6.07, 6.45) is 0. The largest absolute Gasteiger partial charge is 0.244 e. The van der Waals surface area contributed by atoms with Crippen LogP contribution < -0.4 is 23.6 Å². The van der Waals surface area contributed by atoms with E-state index in [2.05, 4.69) is 69.4 Å². The summed E-state index contributed by atoms with van der Waals surface area (Å²) in [7, 11) is -4.94. The number of hydrogen-bond acceptors (Lipinski definition) is 4. The number of nitrogens with one attached hydrogen (secondary N) is 1. The molecule has 0 aliphatic heterocycles. The third kappa shape index (κ3) is 16.3. The minimum atomic E-state index is -4.94. The lowest BCUT2D eigenvalue weighted by Gasteiger charge is -2.23. The van der Waals surface area contributed by atoms with Gasteiger partial charge in [-0.1, -0.05) is 36.7 Å². The molecule has 0 spiro atoms. The molecule has 0 aliphatic rings. The number of halogens is 2. The van der Waals surface area contributed by atoms with Crippen molar-refractivity contribution in [2.75, 3.05) is 0 Å². The highest BCUT2D eigenvalue weighted by atomic mass is 79.9. The van der Waals surface area contributed by atoms with Gasteiger partial charge in [0.2, 0.25) is 0 Å². The maximum Gasteiger partial charge on any atom is 0.162 e. The second kappa shape index (κ2) is 7.17. The molecule has 1 unspecified atom stereocenters. The first-order valence-electron chi connectivity index (χ1n) is 5.41. The molecule has 1 N–H and O–H groups in total. The summed E-state index contributed by atoms with van der Waals surface area (Å²) >= 11 is 3.72. The second-order valence-electron chi connectivity index (χ2n) is 6.16. The molecule has 110 valence electrons. The number of hydrogen-bond donors (Lipinski definition) is 1. The van der Waals surface area contributed by atoms with Gasteiger partial charge in [-0.15, -0.1) is 10.2 Å². The summed E-state index contributed by atoms with van der Waals surface area (Å²) in [6.45, 7) is 15.4. The zero-order valence-corrected chi connectivity index (χ0v) is 14.3. The van der Waals surface area contributed by atoms with Crippen LogP contribution in [0.4, 0.5) is 0 Å². The normalized spacial score (nSPS) is 15.9. The summed E-state index contributed by atoms with van der Waals surface area (Å²) in [5, 5.41) is 0. The molecule has 0 saturated heterocycles. The molecule has 5 nitrogen and oxygen atoms in total. The average Bonchev–Trinajstić information content (AvgIpc) is 1.94. The van der Waals surface area contributed by atoms with E-state index in [1.165, 1.54) is 5.71 Å². The van der Waals surface area contributed by atoms with Crippen LogP contribution in [0.1, 0.15) is 48.5 Å². The molecule has 0 aromatic carbocycles. The quantitative estimate of drug-likeness (QED) is 0.413. The van der Waals surface area contributed by atoms with Crippen LogP contribution in [0, 0.1) is 15.7 Å². The van der Waals surface area contributed by atoms with E-state index in [1.807, 2.05) is 0 Å². The Hall–Kier alpha value is 0.280. The topological polar surface area (TPSA) is 106 Å². The molecule has 0 aliphatic carbocycles. The van der Waals surface area contributed by atoms with Crippen molar-refractivity contribution in [1.29, 1.82) is 0 Å². The lowest BCUT2D eigenvalue weighted by atomic mass is 9.89. The Morgan fingerprint density at radius 3 is 1.44 bits per heavy atom. The van der Waals surface area contributed by atoms with E-state index < -0.39 is 10.2 Å². The molecule has 0 rings (SSSR count). The molecule has 0 saturated carbocycles. The minimum Gasteiger partial charge on any atom is -0.244 e. The number of alkyl halides is 1. The molecule has 18 heavy (non-hydrogen) atoms. The van der Waals surface area contributed by atoms with Crippen LogP contribution in [0.25, 0.3) is 0 Å². The first kappa shape index (κ1) is 20.6. The number of rotatable bonds is 1. The zero-order valence-electron chi connectivity index (χ0n) is 12.0. The first-order valence-corrected chi connectivity index (χ1v) is 7.56. The van der Waals surface area contributed by atoms with Crippen molar-refractivity contribution in [2.45, 2.75) is 58.8 Å². The van der Waals surface area contributed by atoms with Crippen molar-refractivity contribution in [3.05, 3.63) is 0 Å². The van der Waals surface area contributed by atoms with Gasteiger partial charge in [0.25, 0.3) is 0 Å². The van der Waals surface area contributed by atoms with Gasteiger partial charge in [-0.3, -0.25) is 0 Å². The van der Waals surface area contributed by atoms with Crippen LogP contribution in [0.15, 0.2) is 0 Å². The maximum atomic E-state index is 8.49. The van der Waals surface area contributed by atoms with Gasteiger partial charge >= 0.3 is 0 Å². The van der Waals surface area contributed by atoms with E-state index in [-0.39, 0.29) is 11.0 Å². The highest BCUT2D eigenvalue weighted by molar-refractivity contribution is 9.10.